The van der Waals surface area contributed by atoms with Crippen LogP contribution in [0.15, 0.2) is 24.3 Å². The van der Waals surface area contributed by atoms with Crippen LogP contribution < -0.4 is 5.32 Å². The number of morpholine rings is 1. The van der Waals surface area contributed by atoms with Crippen LogP contribution in [0.4, 0.5) is 4.39 Å². The van der Waals surface area contributed by atoms with Crippen LogP contribution in [-0.2, 0) is 14.3 Å². The van der Waals surface area contributed by atoms with E-state index in [2.05, 4.69) is 5.32 Å². The predicted octanol–water partition coefficient (Wildman–Crippen LogP) is 1.96. The number of carbonyl (C=O) groups is 2. The van der Waals surface area contributed by atoms with Crippen LogP contribution in [-0.4, -0.2) is 54.2 Å². The molecule has 25 heavy (non-hydrogen) atoms. The van der Waals surface area contributed by atoms with E-state index in [1.807, 2.05) is 11.8 Å². The summed E-state index contributed by atoms with van der Waals surface area (Å²) < 4.78 is 19.6. The van der Waals surface area contributed by atoms with E-state index < -0.39 is 29.8 Å². The number of carboxylic acids is 1. The lowest BCUT2D eigenvalue weighted by molar-refractivity contribution is -0.143. The molecule has 1 amide bonds. The molecular weight excluding hydrogens is 327 g/mol. The molecule has 0 aromatic heterocycles. The summed E-state index contributed by atoms with van der Waals surface area (Å²) in [7, 11) is 0. The van der Waals surface area contributed by atoms with Crippen molar-refractivity contribution in [2.24, 2.45) is 0 Å². The average Bonchev–Trinajstić information content (AvgIpc) is 2.61. The van der Waals surface area contributed by atoms with Crippen molar-refractivity contribution >= 4 is 11.9 Å². The predicted molar refractivity (Wildman–Crippen MR) is 90.6 cm³/mol. The van der Waals surface area contributed by atoms with E-state index in [0.717, 1.165) is 6.42 Å². The van der Waals surface area contributed by atoms with Gasteiger partial charge in [0, 0.05) is 18.7 Å². The molecule has 1 fully saturated rings. The first-order chi connectivity index (χ1) is 12.0. The van der Waals surface area contributed by atoms with Gasteiger partial charge in [0.25, 0.3) is 0 Å². The fourth-order valence-corrected chi connectivity index (χ4v) is 2.95. The number of nitrogens with one attached hydrogen (secondary N) is 1. The molecule has 0 radical (unpaired) electrons. The van der Waals surface area contributed by atoms with Crippen molar-refractivity contribution in [1.29, 1.82) is 0 Å². The highest BCUT2D eigenvalue weighted by Gasteiger charge is 2.33. The van der Waals surface area contributed by atoms with Crippen molar-refractivity contribution in [3.8, 4) is 0 Å². The van der Waals surface area contributed by atoms with Crippen molar-refractivity contribution in [2.75, 3.05) is 26.3 Å². The van der Waals surface area contributed by atoms with Crippen molar-refractivity contribution in [3.63, 3.8) is 0 Å². The number of aliphatic carboxylic acids is 1. The van der Waals surface area contributed by atoms with Gasteiger partial charge in [0.05, 0.1) is 13.2 Å². The molecule has 2 N–H and O–H groups in total. The van der Waals surface area contributed by atoms with E-state index >= 15 is 0 Å². The molecule has 138 valence electrons. The van der Waals surface area contributed by atoms with E-state index in [4.69, 9.17) is 4.74 Å². The maximum atomic E-state index is 14.3. The first-order valence-corrected chi connectivity index (χ1v) is 8.64. The summed E-state index contributed by atoms with van der Waals surface area (Å²) in [5, 5.41) is 11.9. The van der Waals surface area contributed by atoms with Crippen molar-refractivity contribution < 1.29 is 23.8 Å². The first-order valence-electron chi connectivity index (χ1n) is 8.64. The molecule has 1 saturated heterocycles. The third-order valence-electron chi connectivity index (χ3n) is 4.32. The van der Waals surface area contributed by atoms with E-state index in [-0.39, 0.29) is 5.56 Å². The minimum atomic E-state index is -1.07. The molecule has 1 heterocycles. The Morgan fingerprint density at radius 1 is 1.32 bits per heavy atom. The molecule has 1 aromatic carbocycles. The normalized spacial score (nSPS) is 17.7. The fourth-order valence-electron chi connectivity index (χ4n) is 2.95. The maximum absolute atomic E-state index is 14.3. The van der Waals surface area contributed by atoms with E-state index in [0.29, 0.717) is 39.1 Å². The Morgan fingerprint density at radius 2 is 2.00 bits per heavy atom. The van der Waals surface area contributed by atoms with Gasteiger partial charge in [-0.2, -0.15) is 0 Å². The van der Waals surface area contributed by atoms with Gasteiger partial charge in [0.15, 0.2) is 0 Å². The summed E-state index contributed by atoms with van der Waals surface area (Å²) >= 11 is 0. The Kier molecular flexibility index (Phi) is 7.33. The molecule has 1 aliphatic rings. The Bertz CT molecular complexity index is 590. The molecular formula is C18H25FN2O4. The van der Waals surface area contributed by atoms with Crippen LogP contribution in [0.2, 0.25) is 0 Å². The molecule has 2 rings (SSSR count). The standard InChI is InChI=1S/C18H25FN2O4/c1-2-3-8-15(18(23)24)20-17(22)16(21-9-11-25-12-10-21)13-6-4-5-7-14(13)19/h4-7,15-16H,2-3,8-12H2,1H3,(H,20,22)(H,23,24)/t15-,16?/m0/s1. The van der Waals surface area contributed by atoms with Gasteiger partial charge in [-0.15, -0.1) is 0 Å². The van der Waals surface area contributed by atoms with Crippen LogP contribution in [0.25, 0.3) is 0 Å². The topological polar surface area (TPSA) is 78.9 Å². The van der Waals surface area contributed by atoms with Crippen LogP contribution in [0.5, 0.6) is 0 Å². The molecule has 6 nitrogen and oxygen atoms in total. The average molecular weight is 352 g/mol. The van der Waals surface area contributed by atoms with Crippen LogP contribution >= 0.6 is 0 Å². The van der Waals surface area contributed by atoms with E-state index in [9.17, 15) is 19.1 Å². The lowest BCUT2D eigenvalue weighted by Gasteiger charge is -2.34. The van der Waals surface area contributed by atoms with E-state index in [1.165, 1.54) is 6.07 Å². The van der Waals surface area contributed by atoms with Gasteiger partial charge >= 0.3 is 5.97 Å². The van der Waals surface area contributed by atoms with E-state index in [1.54, 1.807) is 18.2 Å². The van der Waals surface area contributed by atoms with Gasteiger partial charge in [-0.1, -0.05) is 38.0 Å². The second-order valence-electron chi connectivity index (χ2n) is 6.11. The highest BCUT2D eigenvalue weighted by Crippen LogP contribution is 2.25. The van der Waals surface area contributed by atoms with Gasteiger partial charge in [-0.3, -0.25) is 9.69 Å². The second kappa shape index (κ2) is 9.48. The number of amides is 1. The van der Waals surface area contributed by atoms with Crippen LogP contribution in [0.3, 0.4) is 0 Å². The first kappa shape index (κ1) is 19.3. The maximum Gasteiger partial charge on any atom is 0.326 e. The highest BCUT2D eigenvalue weighted by molar-refractivity contribution is 5.87. The van der Waals surface area contributed by atoms with Crippen molar-refractivity contribution in [2.45, 2.75) is 38.3 Å². The molecule has 0 saturated carbocycles. The fraction of sp³-hybridized carbons (Fsp3) is 0.556. The van der Waals surface area contributed by atoms with Gasteiger partial charge in [0.2, 0.25) is 5.91 Å². The number of nitrogens with zero attached hydrogens (tertiary/aromatic N) is 1. The minimum absolute atomic E-state index is 0.251. The van der Waals surface area contributed by atoms with Gasteiger partial charge in [-0.25, -0.2) is 9.18 Å². The number of carbonyl (C=O) groups excluding carboxylic acids is 1. The molecule has 7 heteroatoms. The molecule has 0 bridgehead atoms. The van der Waals surface area contributed by atoms with Gasteiger partial charge < -0.3 is 15.2 Å². The van der Waals surface area contributed by atoms with Gasteiger partial charge in [0.1, 0.15) is 17.9 Å². The molecule has 0 aliphatic carbocycles. The molecule has 1 aromatic rings. The molecule has 0 spiro atoms. The minimum Gasteiger partial charge on any atom is -0.480 e. The number of ether oxygens (including phenoxy) is 1. The molecule has 2 atom stereocenters. The number of hydrogen-bond acceptors (Lipinski definition) is 4. The third kappa shape index (κ3) is 5.24. The smallest absolute Gasteiger partial charge is 0.326 e. The monoisotopic (exact) mass is 352 g/mol. The number of halogens is 1. The SMILES string of the molecule is CCCC[C@H](NC(=O)C(c1ccccc1F)N1CCOCC1)C(=O)O. The van der Waals surface area contributed by atoms with Crippen molar-refractivity contribution in [3.05, 3.63) is 35.6 Å². The largest absolute Gasteiger partial charge is 0.480 e. The second-order valence-corrected chi connectivity index (χ2v) is 6.11. The number of hydrogen-bond donors (Lipinski definition) is 2. The number of rotatable bonds is 8. The lowest BCUT2D eigenvalue weighted by atomic mass is 10.0. The summed E-state index contributed by atoms with van der Waals surface area (Å²) in [6, 6.07) is 4.27. The third-order valence-corrected chi connectivity index (χ3v) is 4.32. The summed E-state index contributed by atoms with van der Waals surface area (Å²) in [6.07, 6.45) is 1.88. The molecule has 1 unspecified atom stereocenters. The van der Waals surface area contributed by atoms with Crippen molar-refractivity contribution in [1.82, 2.24) is 10.2 Å². The Morgan fingerprint density at radius 3 is 2.60 bits per heavy atom. The number of carboxylic acid groups (broad SMARTS) is 1. The Labute approximate surface area is 147 Å². The number of benzene rings is 1. The summed E-state index contributed by atoms with van der Waals surface area (Å²) in [4.78, 5) is 26.1. The highest BCUT2D eigenvalue weighted by atomic mass is 19.1. The zero-order valence-electron chi connectivity index (χ0n) is 14.4. The van der Waals surface area contributed by atoms with Crippen LogP contribution in [0.1, 0.15) is 37.8 Å². The summed E-state index contributed by atoms with van der Waals surface area (Å²) in [5.74, 6) is -2.04. The summed E-state index contributed by atoms with van der Waals surface area (Å²) in [5.41, 5.74) is 0.251. The Hall–Kier alpha value is -1.99. The van der Waals surface area contributed by atoms with Crippen LogP contribution in [0, 0.1) is 5.82 Å². The van der Waals surface area contributed by atoms with Gasteiger partial charge in [-0.05, 0) is 12.5 Å². The zero-order chi connectivity index (χ0) is 18.2. The molecule has 1 aliphatic heterocycles. The Balaban J connectivity index is 2.23. The summed E-state index contributed by atoms with van der Waals surface area (Å²) in [6.45, 7) is 3.84. The zero-order valence-corrected chi connectivity index (χ0v) is 14.4. The number of unbranched alkanes of at least 4 members (excludes halogenated alkanes) is 1. The lowest BCUT2D eigenvalue weighted by Crippen LogP contribution is -2.50. The quantitative estimate of drug-likeness (QED) is 0.748.